The van der Waals surface area contributed by atoms with Gasteiger partial charge in [0.25, 0.3) is 0 Å². The third-order valence-corrected chi connectivity index (χ3v) is 0.200. The van der Waals surface area contributed by atoms with Gasteiger partial charge in [0, 0.05) is 0 Å². The quantitative estimate of drug-likeness (QED) is 0.267. The minimum Gasteiger partial charge on any atom is -0.411 e. The van der Waals surface area contributed by atoms with Crippen molar-refractivity contribution in [1.82, 2.24) is 0 Å². The lowest BCUT2D eigenvalue weighted by molar-refractivity contribution is 0.317. The summed E-state index contributed by atoms with van der Waals surface area (Å²) in [6, 6.07) is 0. The van der Waals surface area contributed by atoms with E-state index in [4.69, 9.17) is 10.4 Å². The first-order valence-electron chi connectivity index (χ1n) is 1.25. The molecule has 0 saturated heterocycles. The fraction of sp³-hybridized carbons (Fsp3) is 0. The second kappa shape index (κ2) is 3.94. The molecule has 34 valence electrons. The van der Waals surface area contributed by atoms with Crippen LogP contribution in [0.2, 0.25) is 0 Å². The molecule has 0 bridgehead atoms. The van der Waals surface area contributed by atoms with Gasteiger partial charge in [0.15, 0.2) is 0 Å². The van der Waals surface area contributed by atoms with Gasteiger partial charge in [0.2, 0.25) is 0 Å². The second-order valence-corrected chi connectivity index (χ2v) is 0.529. The number of nitrogens with zero attached hydrogens (tertiary/aromatic N) is 2. The summed E-state index contributed by atoms with van der Waals surface area (Å²) in [6.07, 6.45) is 1.89. The Kier molecular flexibility index (Phi) is 3.24. The van der Waals surface area contributed by atoms with E-state index in [9.17, 15) is 0 Å². The highest BCUT2D eigenvalue weighted by Crippen LogP contribution is 1.45. The third-order valence-electron chi connectivity index (χ3n) is 0.200. The standard InChI is InChI=1S/C2H4N2O2/c5-3-1-2-4-6/h1-2,5-6H/b3-1-,4-2-. The summed E-state index contributed by atoms with van der Waals surface area (Å²) in [4.78, 5) is 0. The molecule has 0 aliphatic carbocycles. The molecule has 0 spiro atoms. The highest BCUT2D eigenvalue weighted by Gasteiger charge is 1.54. The van der Waals surface area contributed by atoms with Crippen molar-refractivity contribution in [3.63, 3.8) is 0 Å². The summed E-state index contributed by atoms with van der Waals surface area (Å²) >= 11 is 0. The van der Waals surface area contributed by atoms with Crippen LogP contribution in [0, 0.1) is 0 Å². The van der Waals surface area contributed by atoms with E-state index in [1.807, 2.05) is 0 Å². The highest BCUT2D eigenvalue weighted by atomic mass is 16.4. The van der Waals surface area contributed by atoms with Crippen LogP contribution in [0.25, 0.3) is 0 Å². The first kappa shape index (κ1) is 4.94. The van der Waals surface area contributed by atoms with Gasteiger partial charge in [-0.05, 0) is 0 Å². The summed E-state index contributed by atoms with van der Waals surface area (Å²) in [6.45, 7) is 0. The molecule has 0 fully saturated rings. The third kappa shape index (κ3) is 2.94. The molecule has 0 heterocycles. The van der Waals surface area contributed by atoms with Gasteiger partial charge in [0.05, 0.1) is 12.4 Å². The largest absolute Gasteiger partial charge is 0.411 e. The van der Waals surface area contributed by atoms with Gasteiger partial charge >= 0.3 is 0 Å². The topological polar surface area (TPSA) is 65.2 Å². The minimum absolute atomic E-state index is 0.944. The Bertz CT molecular complexity index is 57.9. The van der Waals surface area contributed by atoms with Gasteiger partial charge in [-0.3, -0.25) is 0 Å². The molecular weight excluding hydrogens is 84.0 g/mol. The van der Waals surface area contributed by atoms with E-state index < -0.39 is 0 Å². The van der Waals surface area contributed by atoms with Gasteiger partial charge < -0.3 is 10.4 Å². The van der Waals surface area contributed by atoms with Crippen LogP contribution in [0.4, 0.5) is 0 Å². The van der Waals surface area contributed by atoms with Crippen molar-refractivity contribution in [2.24, 2.45) is 10.3 Å². The first-order chi connectivity index (χ1) is 2.91. The maximum Gasteiger partial charge on any atom is 0.0877 e. The van der Waals surface area contributed by atoms with Crippen molar-refractivity contribution in [2.75, 3.05) is 0 Å². The van der Waals surface area contributed by atoms with Gasteiger partial charge in [-0.25, -0.2) is 0 Å². The average molecular weight is 88.1 g/mol. The van der Waals surface area contributed by atoms with Crippen molar-refractivity contribution < 1.29 is 10.4 Å². The van der Waals surface area contributed by atoms with Crippen molar-refractivity contribution in [2.45, 2.75) is 0 Å². The monoisotopic (exact) mass is 88.0 g/mol. The van der Waals surface area contributed by atoms with Crippen LogP contribution in [0.3, 0.4) is 0 Å². The van der Waals surface area contributed by atoms with Crippen LogP contribution in [0.5, 0.6) is 0 Å². The van der Waals surface area contributed by atoms with Gasteiger partial charge in [-0.15, -0.1) is 0 Å². The van der Waals surface area contributed by atoms with Crippen LogP contribution in [-0.4, -0.2) is 22.8 Å². The van der Waals surface area contributed by atoms with Gasteiger partial charge in [-0.1, -0.05) is 10.3 Å². The fourth-order valence-corrected chi connectivity index (χ4v) is 0.0596. The van der Waals surface area contributed by atoms with Gasteiger partial charge in [-0.2, -0.15) is 0 Å². The molecule has 0 unspecified atom stereocenters. The molecule has 4 heteroatoms. The Morgan fingerprint density at radius 3 is 1.50 bits per heavy atom. The van der Waals surface area contributed by atoms with Crippen LogP contribution >= 0.6 is 0 Å². The maximum atomic E-state index is 7.56. The molecule has 0 aliphatic heterocycles. The number of hydrogen-bond acceptors (Lipinski definition) is 4. The summed E-state index contributed by atoms with van der Waals surface area (Å²) in [7, 11) is 0. The molecule has 0 aromatic carbocycles. The Balaban J connectivity index is 3.07. The van der Waals surface area contributed by atoms with Gasteiger partial charge in [0.1, 0.15) is 0 Å². The molecule has 0 atom stereocenters. The van der Waals surface area contributed by atoms with E-state index in [0.717, 1.165) is 12.4 Å². The van der Waals surface area contributed by atoms with Crippen molar-refractivity contribution in [3.05, 3.63) is 0 Å². The number of rotatable bonds is 1. The van der Waals surface area contributed by atoms with Crippen molar-refractivity contribution >= 4 is 12.4 Å². The molecule has 4 nitrogen and oxygen atoms in total. The Morgan fingerprint density at radius 1 is 1.00 bits per heavy atom. The smallest absolute Gasteiger partial charge is 0.0877 e. The van der Waals surface area contributed by atoms with Crippen LogP contribution in [0.1, 0.15) is 0 Å². The minimum atomic E-state index is 0.944. The van der Waals surface area contributed by atoms with E-state index >= 15 is 0 Å². The highest BCUT2D eigenvalue weighted by molar-refractivity contribution is 6.15. The van der Waals surface area contributed by atoms with E-state index in [1.165, 1.54) is 0 Å². The summed E-state index contributed by atoms with van der Waals surface area (Å²) in [5.41, 5.74) is 0. The molecule has 2 N–H and O–H groups in total. The Hall–Kier alpha value is -1.06. The number of hydrogen-bond donors (Lipinski definition) is 2. The molecule has 0 saturated carbocycles. The average Bonchev–Trinajstić information content (AvgIpc) is 1.61. The zero-order valence-electron chi connectivity index (χ0n) is 2.94. The lowest BCUT2D eigenvalue weighted by atomic mass is 10.8. The van der Waals surface area contributed by atoms with E-state index in [-0.39, 0.29) is 0 Å². The van der Waals surface area contributed by atoms with E-state index in [1.54, 1.807) is 0 Å². The molecule has 0 radical (unpaired) electrons. The fourth-order valence-electron chi connectivity index (χ4n) is 0.0596. The molecular formula is C2H4N2O2. The SMILES string of the molecule is O/N=C\C=N/O. The summed E-state index contributed by atoms with van der Waals surface area (Å²) in [5, 5.41) is 20.1. The lowest BCUT2D eigenvalue weighted by Gasteiger charge is -1.62. The van der Waals surface area contributed by atoms with Crippen molar-refractivity contribution in [3.8, 4) is 0 Å². The van der Waals surface area contributed by atoms with E-state index in [0.29, 0.717) is 0 Å². The zero-order chi connectivity index (χ0) is 4.83. The normalized spacial score (nSPS) is 11.3. The molecule has 0 aromatic heterocycles. The summed E-state index contributed by atoms with van der Waals surface area (Å²) in [5.74, 6) is 0. The predicted octanol–water partition coefficient (Wildman–Crippen LogP) is -0.0936. The molecule has 0 aliphatic rings. The Morgan fingerprint density at radius 2 is 1.33 bits per heavy atom. The molecule has 0 aromatic rings. The molecule has 0 rings (SSSR count). The summed E-state index contributed by atoms with van der Waals surface area (Å²) < 4.78 is 0. The Labute approximate surface area is 34.4 Å². The zero-order valence-corrected chi connectivity index (χ0v) is 2.94. The van der Waals surface area contributed by atoms with Crippen LogP contribution in [-0.2, 0) is 0 Å². The van der Waals surface area contributed by atoms with Crippen molar-refractivity contribution in [1.29, 1.82) is 0 Å². The first-order valence-corrected chi connectivity index (χ1v) is 1.25. The van der Waals surface area contributed by atoms with E-state index in [2.05, 4.69) is 10.3 Å². The predicted molar refractivity (Wildman–Crippen MR) is 20.6 cm³/mol. The van der Waals surface area contributed by atoms with Crippen LogP contribution in [0.15, 0.2) is 10.3 Å². The second-order valence-electron chi connectivity index (χ2n) is 0.529. The van der Waals surface area contributed by atoms with Crippen LogP contribution < -0.4 is 0 Å². The maximum absolute atomic E-state index is 7.56. The lowest BCUT2D eigenvalue weighted by Crippen LogP contribution is -1.70. The molecule has 6 heavy (non-hydrogen) atoms. The number of oxime groups is 2. The molecule has 0 amide bonds.